The molecule has 3 aromatic carbocycles. The minimum absolute atomic E-state index is 0.0283. The number of carbonyl (C=O) groups excluding carboxylic acids is 2. The lowest BCUT2D eigenvalue weighted by atomic mass is 10.1. The van der Waals surface area contributed by atoms with Crippen molar-refractivity contribution in [2.75, 3.05) is 23.0 Å². The lowest BCUT2D eigenvalue weighted by Gasteiger charge is -2.40. The molecule has 0 bridgehead atoms. The fraction of sp³-hybridized carbons (Fsp3) is 0.217. The van der Waals surface area contributed by atoms with Crippen LogP contribution in [0.1, 0.15) is 13.8 Å². The number of rotatable bonds is 3. The van der Waals surface area contributed by atoms with Gasteiger partial charge in [-0.3, -0.25) is 9.59 Å². The maximum Gasteiger partial charge on any atom is 0.265 e. The normalized spacial score (nSPS) is 16.0. The first-order chi connectivity index (χ1) is 13.5. The molecule has 4 rings (SSSR count). The van der Waals surface area contributed by atoms with Crippen molar-refractivity contribution >= 4 is 34.0 Å². The van der Waals surface area contributed by atoms with Crippen molar-refractivity contribution < 1.29 is 14.3 Å². The summed E-state index contributed by atoms with van der Waals surface area (Å²) in [5.74, 6) is 0.505. The Morgan fingerprint density at radius 2 is 1.64 bits per heavy atom. The summed E-state index contributed by atoms with van der Waals surface area (Å²) in [6.45, 7) is 3.88. The number of fused-ring (bicyclic) bond motifs is 2. The Morgan fingerprint density at radius 1 is 0.964 bits per heavy atom. The predicted octanol–water partition coefficient (Wildman–Crippen LogP) is 4.01. The average Bonchev–Trinajstić information content (AvgIpc) is 2.70. The van der Waals surface area contributed by atoms with Crippen molar-refractivity contribution in [3.8, 4) is 5.75 Å². The molecule has 0 fully saturated rings. The van der Waals surface area contributed by atoms with E-state index < -0.39 is 0 Å². The zero-order chi connectivity index (χ0) is 19.7. The van der Waals surface area contributed by atoms with Gasteiger partial charge in [-0.05, 0) is 42.0 Å². The molecule has 1 atom stereocenters. The Bertz CT molecular complexity index is 1050. The monoisotopic (exact) mass is 374 g/mol. The van der Waals surface area contributed by atoms with Crippen LogP contribution in [0.2, 0.25) is 0 Å². The zero-order valence-electron chi connectivity index (χ0n) is 16.0. The van der Waals surface area contributed by atoms with Gasteiger partial charge in [0, 0.05) is 13.5 Å². The molecule has 0 aromatic heterocycles. The molecule has 0 saturated heterocycles. The van der Waals surface area contributed by atoms with Crippen LogP contribution >= 0.6 is 0 Å². The highest BCUT2D eigenvalue weighted by Gasteiger charge is 2.33. The van der Waals surface area contributed by atoms with E-state index in [1.54, 1.807) is 16.7 Å². The number of hydrogen-bond acceptors (Lipinski definition) is 3. The van der Waals surface area contributed by atoms with Gasteiger partial charge < -0.3 is 14.5 Å². The van der Waals surface area contributed by atoms with Crippen LogP contribution in [-0.4, -0.2) is 31.0 Å². The lowest BCUT2D eigenvalue weighted by Crippen LogP contribution is -2.52. The van der Waals surface area contributed by atoms with E-state index in [9.17, 15) is 9.59 Å². The number of benzene rings is 3. The van der Waals surface area contributed by atoms with E-state index in [0.29, 0.717) is 12.3 Å². The number of carbonyl (C=O) groups is 2. The van der Waals surface area contributed by atoms with Crippen LogP contribution in [0.4, 0.5) is 11.4 Å². The number of hydrogen-bond donors (Lipinski definition) is 0. The van der Waals surface area contributed by atoms with Crippen LogP contribution in [0.3, 0.4) is 0 Å². The minimum atomic E-state index is -0.129. The summed E-state index contributed by atoms with van der Waals surface area (Å²) in [5, 5.41) is 2.20. The maximum absolute atomic E-state index is 12.9. The second-order valence-electron chi connectivity index (χ2n) is 7.03. The summed E-state index contributed by atoms with van der Waals surface area (Å²) in [6.07, 6.45) is 0. The van der Waals surface area contributed by atoms with Crippen molar-refractivity contribution in [1.82, 2.24) is 0 Å². The summed E-state index contributed by atoms with van der Waals surface area (Å²) in [7, 11) is 0. The average molecular weight is 374 g/mol. The number of amides is 2. The summed E-state index contributed by atoms with van der Waals surface area (Å²) >= 11 is 0. The molecule has 5 heteroatoms. The van der Waals surface area contributed by atoms with Gasteiger partial charge in [0.25, 0.3) is 5.91 Å². The Kier molecular flexibility index (Phi) is 4.74. The number of para-hydroxylation sites is 2. The third-order valence-corrected chi connectivity index (χ3v) is 5.04. The number of anilines is 2. The van der Waals surface area contributed by atoms with Gasteiger partial charge >= 0.3 is 0 Å². The van der Waals surface area contributed by atoms with E-state index in [1.165, 1.54) is 0 Å². The third kappa shape index (κ3) is 3.31. The second kappa shape index (κ2) is 7.35. The minimum Gasteiger partial charge on any atom is -0.484 e. The van der Waals surface area contributed by atoms with Crippen LogP contribution in [0.25, 0.3) is 10.8 Å². The van der Waals surface area contributed by atoms with Gasteiger partial charge in [-0.1, -0.05) is 42.5 Å². The molecule has 1 aliphatic rings. The Balaban J connectivity index is 1.54. The standard InChI is InChI=1S/C23H22N2O3/c1-16-14-24(21-9-5-6-10-22(21)25(16)17(2)26)23(27)15-28-20-12-11-18-7-3-4-8-19(18)13-20/h3-13,16H,14-15H2,1-2H3. The SMILES string of the molecule is CC(=O)N1c2ccccc2N(C(=O)COc2ccc3ccccc3c2)CC1C. The van der Waals surface area contributed by atoms with Crippen molar-refractivity contribution in [2.45, 2.75) is 19.9 Å². The quantitative estimate of drug-likeness (QED) is 0.696. The molecule has 0 spiro atoms. The molecule has 142 valence electrons. The smallest absolute Gasteiger partial charge is 0.265 e. The second-order valence-corrected chi connectivity index (χ2v) is 7.03. The number of ether oxygens (including phenoxy) is 1. The van der Waals surface area contributed by atoms with Gasteiger partial charge in [0.15, 0.2) is 6.61 Å². The largest absolute Gasteiger partial charge is 0.484 e. The molecule has 5 nitrogen and oxygen atoms in total. The zero-order valence-corrected chi connectivity index (χ0v) is 16.0. The molecule has 0 radical (unpaired) electrons. The lowest BCUT2D eigenvalue weighted by molar-refractivity contribution is -0.121. The maximum atomic E-state index is 12.9. The molecular formula is C23H22N2O3. The van der Waals surface area contributed by atoms with Crippen LogP contribution in [-0.2, 0) is 9.59 Å². The van der Waals surface area contributed by atoms with Gasteiger partial charge in [-0.2, -0.15) is 0 Å². The number of nitrogens with zero attached hydrogens (tertiary/aromatic N) is 2. The first-order valence-electron chi connectivity index (χ1n) is 9.35. The first-order valence-corrected chi connectivity index (χ1v) is 9.35. The molecule has 0 saturated carbocycles. The van der Waals surface area contributed by atoms with Crippen molar-refractivity contribution in [3.05, 3.63) is 66.7 Å². The van der Waals surface area contributed by atoms with E-state index in [-0.39, 0.29) is 24.5 Å². The molecule has 1 aliphatic heterocycles. The van der Waals surface area contributed by atoms with Gasteiger partial charge in [0.1, 0.15) is 5.75 Å². The van der Waals surface area contributed by atoms with Crippen molar-refractivity contribution in [1.29, 1.82) is 0 Å². The van der Waals surface area contributed by atoms with Crippen LogP contribution in [0, 0.1) is 0 Å². The molecular weight excluding hydrogens is 352 g/mol. The highest BCUT2D eigenvalue weighted by molar-refractivity contribution is 6.04. The van der Waals surface area contributed by atoms with Crippen molar-refractivity contribution in [3.63, 3.8) is 0 Å². The molecule has 1 heterocycles. The topological polar surface area (TPSA) is 49.9 Å². The molecule has 1 unspecified atom stereocenters. The molecule has 3 aromatic rings. The Hall–Kier alpha value is -3.34. The Morgan fingerprint density at radius 3 is 2.39 bits per heavy atom. The molecule has 0 aliphatic carbocycles. The van der Waals surface area contributed by atoms with E-state index >= 15 is 0 Å². The third-order valence-electron chi connectivity index (χ3n) is 5.04. The fourth-order valence-corrected chi connectivity index (χ4v) is 3.77. The highest BCUT2D eigenvalue weighted by Crippen LogP contribution is 2.35. The molecule has 0 N–H and O–H groups in total. The summed E-state index contributed by atoms with van der Waals surface area (Å²) in [6, 6.07) is 21.2. The van der Waals surface area contributed by atoms with Crippen molar-refractivity contribution in [2.24, 2.45) is 0 Å². The van der Waals surface area contributed by atoms with Gasteiger partial charge in [0.05, 0.1) is 17.4 Å². The van der Waals surface area contributed by atoms with Crippen LogP contribution in [0.5, 0.6) is 5.75 Å². The van der Waals surface area contributed by atoms with E-state index in [4.69, 9.17) is 4.74 Å². The molecule has 28 heavy (non-hydrogen) atoms. The fourth-order valence-electron chi connectivity index (χ4n) is 3.77. The van der Waals surface area contributed by atoms with Crippen LogP contribution in [0.15, 0.2) is 66.7 Å². The predicted molar refractivity (Wildman–Crippen MR) is 111 cm³/mol. The summed E-state index contributed by atoms with van der Waals surface area (Å²) in [5.41, 5.74) is 1.50. The van der Waals surface area contributed by atoms with E-state index in [1.807, 2.05) is 73.7 Å². The van der Waals surface area contributed by atoms with Gasteiger partial charge in [-0.25, -0.2) is 0 Å². The first kappa shape index (κ1) is 18.0. The van der Waals surface area contributed by atoms with Crippen LogP contribution < -0.4 is 14.5 Å². The highest BCUT2D eigenvalue weighted by atomic mass is 16.5. The van der Waals surface area contributed by atoms with E-state index in [0.717, 1.165) is 22.1 Å². The van der Waals surface area contributed by atoms with E-state index in [2.05, 4.69) is 0 Å². The summed E-state index contributed by atoms with van der Waals surface area (Å²) in [4.78, 5) is 28.4. The van der Waals surface area contributed by atoms with Gasteiger partial charge in [0.2, 0.25) is 5.91 Å². The Labute approximate surface area is 164 Å². The summed E-state index contributed by atoms with van der Waals surface area (Å²) < 4.78 is 5.78. The molecule has 2 amide bonds. The van der Waals surface area contributed by atoms with Gasteiger partial charge in [-0.15, -0.1) is 0 Å².